The van der Waals surface area contributed by atoms with Gasteiger partial charge in [-0.25, -0.2) is 0 Å². The molecular formula is C17H28ClNO. The molecule has 0 spiro atoms. The molecule has 0 saturated carbocycles. The minimum atomic E-state index is 0.419. The van der Waals surface area contributed by atoms with Crippen molar-refractivity contribution in [3.8, 4) is 0 Å². The largest absolute Gasteiger partial charge is 0.381 e. The van der Waals surface area contributed by atoms with Gasteiger partial charge >= 0.3 is 0 Å². The van der Waals surface area contributed by atoms with Gasteiger partial charge in [-0.15, -0.1) is 0 Å². The van der Waals surface area contributed by atoms with Gasteiger partial charge in [0.25, 0.3) is 0 Å². The molecule has 0 aliphatic rings. The molecule has 0 aliphatic heterocycles. The zero-order valence-corrected chi connectivity index (χ0v) is 13.7. The standard InChI is InChI=1S/C17H28ClNO/c1-4-10-19-12-15(9-11-20-13-14(2)3)16-7-5-6-8-17(16)18/h5-8,14-15,19H,4,9-13H2,1-3H3. The summed E-state index contributed by atoms with van der Waals surface area (Å²) < 4.78 is 5.72. The van der Waals surface area contributed by atoms with Crippen LogP contribution in [-0.4, -0.2) is 26.3 Å². The van der Waals surface area contributed by atoms with Gasteiger partial charge in [-0.1, -0.05) is 50.6 Å². The van der Waals surface area contributed by atoms with E-state index in [1.165, 1.54) is 5.56 Å². The van der Waals surface area contributed by atoms with Gasteiger partial charge < -0.3 is 10.1 Å². The molecule has 1 aromatic rings. The lowest BCUT2D eigenvalue weighted by molar-refractivity contribution is 0.103. The van der Waals surface area contributed by atoms with Gasteiger partial charge in [-0.2, -0.15) is 0 Å². The average Bonchev–Trinajstić information content (AvgIpc) is 2.42. The van der Waals surface area contributed by atoms with E-state index in [-0.39, 0.29) is 0 Å². The summed E-state index contributed by atoms with van der Waals surface area (Å²) in [6.45, 7) is 10.2. The number of hydrogen-bond donors (Lipinski definition) is 1. The van der Waals surface area contributed by atoms with Gasteiger partial charge in [0.15, 0.2) is 0 Å². The molecule has 0 heterocycles. The van der Waals surface area contributed by atoms with E-state index in [4.69, 9.17) is 16.3 Å². The van der Waals surface area contributed by atoms with E-state index >= 15 is 0 Å². The molecule has 0 saturated heterocycles. The summed E-state index contributed by atoms with van der Waals surface area (Å²) in [7, 11) is 0. The summed E-state index contributed by atoms with van der Waals surface area (Å²) in [6, 6.07) is 8.14. The highest BCUT2D eigenvalue weighted by atomic mass is 35.5. The number of halogens is 1. The van der Waals surface area contributed by atoms with E-state index < -0.39 is 0 Å². The van der Waals surface area contributed by atoms with E-state index in [0.717, 1.165) is 44.2 Å². The van der Waals surface area contributed by atoms with Crippen molar-refractivity contribution in [3.05, 3.63) is 34.9 Å². The molecule has 114 valence electrons. The van der Waals surface area contributed by atoms with E-state index in [2.05, 4.69) is 38.2 Å². The molecule has 0 bridgehead atoms. The number of ether oxygens (including phenoxy) is 1. The SMILES string of the molecule is CCCNCC(CCOCC(C)C)c1ccccc1Cl. The van der Waals surface area contributed by atoms with Gasteiger partial charge in [0.2, 0.25) is 0 Å². The second-order valence-electron chi connectivity index (χ2n) is 5.68. The van der Waals surface area contributed by atoms with Crippen LogP contribution in [0.5, 0.6) is 0 Å². The van der Waals surface area contributed by atoms with Crippen LogP contribution >= 0.6 is 11.6 Å². The summed E-state index contributed by atoms with van der Waals surface area (Å²) in [5.41, 5.74) is 1.23. The zero-order chi connectivity index (χ0) is 14.8. The lowest BCUT2D eigenvalue weighted by Crippen LogP contribution is -2.23. The minimum Gasteiger partial charge on any atom is -0.381 e. The third-order valence-corrected chi connectivity index (χ3v) is 3.57. The highest BCUT2D eigenvalue weighted by Crippen LogP contribution is 2.26. The van der Waals surface area contributed by atoms with E-state index in [9.17, 15) is 0 Å². The second kappa shape index (κ2) is 10.2. The van der Waals surface area contributed by atoms with Crippen molar-refractivity contribution in [2.24, 2.45) is 5.92 Å². The van der Waals surface area contributed by atoms with Crippen LogP contribution in [0.15, 0.2) is 24.3 Å². The number of rotatable bonds is 10. The first kappa shape index (κ1) is 17.5. The molecule has 1 N–H and O–H groups in total. The molecular weight excluding hydrogens is 270 g/mol. The van der Waals surface area contributed by atoms with Crippen LogP contribution in [0.25, 0.3) is 0 Å². The van der Waals surface area contributed by atoms with E-state index in [0.29, 0.717) is 11.8 Å². The normalized spacial score (nSPS) is 12.8. The van der Waals surface area contributed by atoms with E-state index in [1.54, 1.807) is 0 Å². The Morgan fingerprint density at radius 3 is 2.65 bits per heavy atom. The summed E-state index contributed by atoms with van der Waals surface area (Å²) >= 11 is 6.33. The maximum Gasteiger partial charge on any atom is 0.0488 e. The Bertz CT molecular complexity index is 368. The number of benzene rings is 1. The molecule has 20 heavy (non-hydrogen) atoms. The van der Waals surface area contributed by atoms with Crippen molar-refractivity contribution < 1.29 is 4.74 Å². The maximum atomic E-state index is 6.33. The Balaban J connectivity index is 2.54. The van der Waals surface area contributed by atoms with Crippen LogP contribution in [0.4, 0.5) is 0 Å². The Hall–Kier alpha value is -0.570. The average molecular weight is 298 g/mol. The summed E-state index contributed by atoms with van der Waals surface area (Å²) in [5, 5.41) is 4.36. The second-order valence-corrected chi connectivity index (χ2v) is 6.09. The van der Waals surface area contributed by atoms with Crippen LogP contribution in [0.3, 0.4) is 0 Å². The van der Waals surface area contributed by atoms with Crippen molar-refractivity contribution in [1.29, 1.82) is 0 Å². The topological polar surface area (TPSA) is 21.3 Å². The van der Waals surface area contributed by atoms with Crippen molar-refractivity contribution >= 4 is 11.6 Å². The molecule has 2 nitrogen and oxygen atoms in total. The first-order valence-electron chi connectivity index (χ1n) is 7.68. The molecule has 1 unspecified atom stereocenters. The number of nitrogens with one attached hydrogen (secondary N) is 1. The van der Waals surface area contributed by atoms with Gasteiger partial charge in [-0.05, 0) is 42.9 Å². The maximum absolute atomic E-state index is 6.33. The highest BCUT2D eigenvalue weighted by Gasteiger charge is 2.14. The van der Waals surface area contributed by atoms with Crippen LogP contribution < -0.4 is 5.32 Å². The van der Waals surface area contributed by atoms with E-state index in [1.807, 2.05) is 12.1 Å². The van der Waals surface area contributed by atoms with Gasteiger partial charge in [-0.3, -0.25) is 0 Å². The predicted octanol–water partition coefficient (Wildman–Crippen LogP) is 4.49. The Morgan fingerprint density at radius 2 is 2.00 bits per heavy atom. The Kier molecular flexibility index (Phi) is 8.92. The molecule has 1 atom stereocenters. The lowest BCUT2D eigenvalue weighted by atomic mass is 9.96. The number of hydrogen-bond acceptors (Lipinski definition) is 2. The highest BCUT2D eigenvalue weighted by molar-refractivity contribution is 6.31. The molecule has 0 amide bonds. The molecule has 0 radical (unpaired) electrons. The predicted molar refractivity (Wildman–Crippen MR) is 87.6 cm³/mol. The molecule has 1 rings (SSSR count). The van der Waals surface area contributed by atoms with Crippen molar-refractivity contribution in [2.45, 2.75) is 39.5 Å². The van der Waals surface area contributed by atoms with Gasteiger partial charge in [0.05, 0.1) is 0 Å². The molecule has 0 fully saturated rings. The fourth-order valence-corrected chi connectivity index (χ4v) is 2.46. The molecule has 1 aromatic carbocycles. The van der Waals surface area contributed by atoms with Crippen molar-refractivity contribution in [2.75, 3.05) is 26.3 Å². The van der Waals surface area contributed by atoms with Gasteiger partial charge in [0, 0.05) is 24.8 Å². The molecule has 0 aromatic heterocycles. The van der Waals surface area contributed by atoms with Crippen molar-refractivity contribution in [3.63, 3.8) is 0 Å². The summed E-state index contributed by atoms with van der Waals surface area (Å²) in [6.07, 6.45) is 2.16. The van der Waals surface area contributed by atoms with Gasteiger partial charge in [0.1, 0.15) is 0 Å². The molecule has 3 heteroatoms. The minimum absolute atomic E-state index is 0.419. The van der Waals surface area contributed by atoms with Crippen LogP contribution in [0.1, 0.15) is 45.1 Å². The fourth-order valence-electron chi connectivity index (χ4n) is 2.17. The lowest BCUT2D eigenvalue weighted by Gasteiger charge is -2.19. The third-order valence-electron chi connectivity index (χ3n) is 3.22. The van der Waals surface area contributed by atoms with Crippen LogP contribution in [0.2, 0.25) is 5.02 Å². The Morgan fingerprint density at radius 1 is 1.25 bits per heavy atom. The summed E-state index contributed by atoms with van der Waals surface area (Å²) in [5.74, 6) is 1.01. The quantitative estimate of drug-likeness (QED) is 0.643. The Labute approximate surface area is 128 Å². The van der Waals surface area contributed by atoms with Crippen LogP contribution in [0, 0.1) is 5.92 Å². The smallest absolute Gasteiger partial charge is 0.0488 e. The fraction of sp³-hybridized carbons (Fsp3) is 0.647. The van der Waals surface area contributed by atoms with Crippen molar-refractivity contribution in [1.82, 2.24) is 5.32 Å². The third kappa shape index (κ3) is 6.74. The summed E-state index contributed by atoms with van der Waals surface area (Å²) in [4.78, 5) is 0. The monoisotopic (exact) mass is 297 g/mol. The molecule has 0 aliphatic carbocycles. The first-order chi connectivity index (χ1) is 9.65. The first-order valence-corrected chi connectivity index (χ1v) is 8.05. The zero-order valence-electron chi connectivity index (χ0n) is 13.0. The van der Waals surface area contributed by atoms with Crippen LogP contribution in [-0.2, 0) is 4.74 Å².